The first kappa shape index (κ1) is 18.3. The Hall–Kier alpha value is -3.07. The molecule has 0 aliphatic carbocycles. The van der Waals surface area contributed by atoms with Gasteiger partial charge in [0.15, 0.2) is 10.9 Å². The van der Waals surface area contributed by atoms with Gasteiger partial charge in [0, 0.05) is 49.3 Å². The molecule has 3 aromatic rings. The van der Waals surface area contributed by atoms with Gasteiger partial charge in [-0.05, 0) is 31.9 Å². The van der Waals surface area contributed by atoms with Crippen LogP contribution < -0.4 is 5.32 Å². The molecule has 4 rings (SSSR count). The highest BCUT2D eigenvalue weighted by atomic mass is 32.1. The van der Waals surface area contributed by atoms with Crippen molar-refractivity contribution in [3.63, 3.8) is 0 Å². The summed E-state index contributed by atoms with van der Waals surface area (Å²) in [7, 11) is 1.85. The lowest BCUT2D eigenvalue weighted by Gasteiger charge is -2.24. The van der Waals surface area contributed by atoms with Crippen molar-refractivity contribution in [2.45, 2.75) is 25.8 Å². The molecule has 144 valence electrons. The zero-order valence-corrected chi connectivity index (χ0v) is 16.6. The number of hydrogen-bond acceptors (Lipinski definition) is 7. The predicted molar refractivity (Wildman–Crippen MR) is 108 cm³/mol. The van der Waals surface area contributed by atoms with E-state index < -0.39 is 0 Å². The van der Waals surface area contributed by atoms with Crippen molar-refractivity contribution >= 4 is 34.3 Å². The van der Waals surface area contributed by atoms with E-state index in [1.54, 1.807) is 46.8 Å². The number of carbonyl (C=O) groups is 1. The van der Waals surface area contributed by atoms with Crippen LogP contribution in [0, 0.1) is 6.92 Å². The van der Waals surface area contributed by atoms with Gasteiger partial charge in [-0.1, -0.05) is 0 Å². The van der Waals surface area contributed by atoms with Gasteiger partial charge in [0.25, 0.3) is 0 Å². The number of rotatable bonds is 5. The molecule has 4 heterocycles. The molecule has 8 nitrogen and oxygen atoms in total. The van der Waals surface area contributed by atoms with E-state index in [0.29, 0.717) is 12.4 Å². The molecule has 28 heavy (non-hydrogen) atoms. The Kier molecular flexibility index (Phi) is 5.16. The quantitative estimate of drug-likeness (QED) is 0.668. The van der Waals surface area contributed by atoms with Crippen molar-refractivity contribution in [3.8, 4) is 0 Å². The monoisotopic (exact) mass is 395 g/mol. The molecular formula is C19H21N7OS. The normalized spacial score (nSPS) is 16.8. The highest BCUT2D eigenvalue weighted by molar-refractivity contribution is 7.15. The highest BCUT2D eigenvalue weighted by Gasteiger charge is 2.32. The molecule has 0 radical (unpaired) electrons. The average molecular weight is 395 g/mol. The lowest BCUT2D eigenvalue weighted by molar-refractivity contribution is -0.126. The first-order valence-corrected chi connectivity index (χ1v) is 9.90. The maximum atomic E-state index is 12.8. The van der Waals surface area contributed by atoms with E-state index in [-0.39, 0.29) is 11.9 Å². The predicted octanol–water partition coefficient (Wildman–Crippen LogP) is 3.10. The van der Waals surface area contributed by atoms with Gasteiger partial charge >= 0.3 is 0 Å². The minimum Gasteiger partial charge on any atom is -0.330 e. The number of thiazole rings is 1. The summed E-state index contributed by atoms with van der Waals surface area (Å²) >= 11 is 1.56. The fourth-order valence-electron chi connectivity index (χ4n) is 3.32. The van der Waals surface area contributed by atoms with E-state index in [0.717, 1.165) is 34.2 Å². The molecule has 9 heteroatoms. The van der Waals surface area contributed by atoms with Gasteiger partial charge in [0.2, 0.25) is 5.91 Å². The number of hydrogen-bond donors (Lipinski definition) is 1. The fourth-order valence-corrected chi connectivity index (χ4v) is 3.98. The Balaban J connectivity index is 1.56. The third-order valence-electron chi connectivity index (χ3n) is 4.68. The first-order valence-electron chi connectivity index (χ1n) is 9.09. The van der Waals surface area contributed by atoms with Gasteiger partial charge in [-0.25, -0.2) is 9.97 Å². The summed E-state index contributed by atoms with van der Waals surface area (Å²) in [5.74, 6) is 0.613. The van der Waals surface area contributed by atoms with E-state index in [9.17, 15) is 4.79 Å². The van der Waals surface area contributed by atoms with E-state index in [1.165, 1.54) is 0 Å². The second-order valence-electron chi connectivity index (χ2n) is 6.59. The SMILES string of the molecule is Cc1cnc(Nc2nccnc2C2CCCN2C(=O)/C=C/c2ccnn2C)s1. The van der Waals surface area contributed by atoms with Crippen molar-refractivity contribution in [3.05, 3.63) is 53.2 Å². The van der Waals surface area contributed by atoms with Crippen molar-refractivity contribution in [1.82, 2.24) is 29.6 Å². The number of aromatic nitrogens is 5. The Bertz CT molecular complexity index is 1010. The zero-order valence-electron chi connectivity index (χ0n) is 15.7. The molecule has 1 saturated heterocycles. The van der Waals surface area contributed by atoms with Crippen molar-refractivity contribution in [2.24, 2.45) is 7.05 Å². The number of likely N-dealkylation sites (tertiary alicyclic amines) is 1. The molecule has 0 bridgehead atoms. The average Bonchev–Trinajstić information content (AvgIpc) is 3.42. The number of anilines is 2. The van der Waals surface area contributed by atoms with Gasteiger partial charge in [0.1, 0.15) is 5.69 Å². The van der Waals surface area contributed by atoms with Crippen LogP contribution in [0.1, 0.15) is 35.1 Å². The third kappa shape index (κ3) is 3.79. The maximum Gasteiger partial charge on any atom is 0.247 e. The van der Waals surface area contributed by atoms with E-state index in [2.05, 4.69) is 25.4 Å². The molecule has 1 aliphatic rings. The van der Waals surface area contributed by atoms with Gasteiger partial charge in [-0.15, -0.1) is 11.3 Å². The molecule has 0 aromatic carbocycles. The molecule has 0 saturated carbocycles. The lowest BCUT2D eigenvalue weighted by atomic mass is 10.1. The lowest BCUT2D eigenvalue weighted by Crippen LogP contribution is -2.30. The molecule has 1 atom stereocenters. The number of aryl methyl sites for hydroxylation is 2. The highest BCUT2D eigenvalue weighted by Crippen LogP contribution is 2.35. The van der Waals surface area contributed by atoms with Crippen LogP contribution in [0.25, 0.3) is 6.08 Å². The van der Waals surface area contributed by atoms with Crippen LogP contribution in [0.3, 0.4) is 0 Å². The van der Waals surface area contributed by atoms with Crippen LogP contribution in [-0.4, -0.2) is 42.1 Å². The summed E-state index contributed by atoms with van der Waals surface area (Å²) in [6.07, 6.45) is 12.0. The number of amides is 1. The van der Waals surface area contributed by atoms with E-state index in [4.69, 9.17) is 0 Å². The van der Waals surface area contributed by atoms with E-state index in [1.807, 2.05) is 31.1 Å². The summed E-state index contributed by atoms with van der Waals surface area (Å²) in [4.78, 5) is 29.1. The van der Waals surface area contributed by atoms with Crippen molar-refractivity contribution in [1.29, 1.82) is 0 Å². The Labute approximate surface area is 167 Å². The van der Waals surface area contributed by atoms with Crippen LogP contribution in [0.15, 0.2) is 36.9 Å². The summed E-state index contributed by atoms with van der Waals surface area (Å²) < 4.78 is 1.73. The fraction of sp³-hybridized carbons (Fsp3) is 0.316. The zero-order chi connectivity index (χ0) is 19.5. The van der Waals surface area contributed by atoms with Crippen molar-refractivity contribution in [2.75, 3.05) is 11.9 Å². The molecule has 0 spiro atoms. The maximum absolute atomic E-state index is 12.8. The molecular weight excluding hydrogens is 374 g/mol. The van der Waals surface area contributed by atoms with Crippen LogP contribution in [0.4, 0.5) is 10.9 Å². The smallest absolute Gasteiger partial charge is 0.247 e. The minimum absolute atomic E-state index is 0.0367. The topological polar surface area (TPSA) is 88.8 Å². The molecule has 1 N–H and O–H groups in total. The van der Waals surface area contributed by atoms with Gasteiger partial charge in [-0.2, -0.15) is 5.10 Å². The van der Waals surface area contributed by atoms with Crippen LogP contribution >= 0.6 is 11.3 Å². The number of carbonyl (C=O) groups excluding carboxylic acids is 1. The molecule has 1 amide bonds. The van der Waals surface area contributed by atoms with Gasteiger partial charge in [-0.3, -0.25) is 14.5 Å². The number of nitrogens with zero attached hydrogens (tertiary/aromatic N) is 6. The summed E-state index contributed by atoms with van der Waals surface area (Å²) in [5.41, 5.74) is 1.65. The summed E-state index contributed by atoms with van der Waals surface area (Å²) in [6, 6.07) is 1.76. The Morgan fingerprint density at radius 1 is 1.29 bits per heavy atom. The number of nitrogens with one attached hydrogen (secondary N) is 1. The second-order valence-corrected chi connectivity index (χ2v) is 7.83. The van der Waals surface area contributed by atoms with Gasteiger partial charge in [0.05, 0.1) is 11.7 Å². The third-order valence-corrected chi connectivity index (χ3v) is 5.51. The van der Waals surface area contributed by atoms with Crippen LogP contribution in [0.2, 0.25) is 0 Å². The summed E-state index contributed by atoms with van der Waals surface area (Å²) in [5, 5.41) is 8.14. The van der Waals surface area contributed by atoms with E-state index >= 15 is 0 Å². The minimum atomic E-state index is -0.110. The molecule has 1 aliphatic heterocycles. The first-order chi connectivity index (χ1) is 13.6. The van der Waals surface area contributed by atoms with Crippen molar-refractivity contribution < 1.29 is 4.79 Å². The second kappa shape index (κ2) is 7.89. The molecule has 1 unspecified atom stereocenters. The van der Waals surface area contributed by atoms with Crippen LogP contribution in [0.5, 0.6) is 0 Å². The Morgan fingerprint density at radius 2 is 2.14 bits per heavy atom. The van der Waals surface area contributed by atoms with Crippen LogP contribution in [-0.2, 0) is 11.8 Å². The molecule has 1 fully saturated rings. The standard InChI is InChI=1S/C19H21N7OS/c1-13-12-22-19(28-13)24-18-17(20-9-10-21-18)15-4-3-11-26(15)16(27)6-5-14-7-8-23-25(14)2/h5-10,12,15H,3-4,11H2,1-2H3,(H,21,22,24)/b6-5+. The molecule has 3 aromatic heterocycles. The Morgan fingerprint density at radius 3 is 2.89 bits per heavy atom. The largest absolute Gasteiger partial charge is 0.330 e. The summed E-state index contributed by atoms with van der Waals surface area (Å²) in [6.45, 7) is 2.71. The van der Waals surface area contributed by atoms with Gasteiger partial charge < -0.3 is 10.2 Å².